The van der Waals surface area contributed by atoms with E-state index in [-0.39, 0.29) is 23.9 Å². The van der Waals surface area contributed by atoms with Crippen LogP contribution in [-0.2, 0) is 22.4 Å². The Morgan fingerprint density at radius 2 is 0.960 bits per heavy atom. The Hall–Kier alpha value is -6.12. The summed E-state index contributed by atoms with van der Waals surface area (Å²) in [6, 6.07) is 41.8. The van der Waals surface area contributed by atoms with Crippen LogP contribution in [0.25, 0.3) is 22.1 Å². The normalized spacial score (nSPS) is 17.0. The molecule has 4 aromatic carbocycles. The summed E-state index contributed by atoms with van der Waals surface area (Å²) in [5.74, 6) is 7.88. The highest BCUT2D eigenvalue weighted by molar-refractivity contribution is 5.82. The van der Waals surface area contributed by atoms with Crippen LogP contribution in [0.3, 0.4) is 0 Å². The number of imidazole rings is 2. The lowest BCUT2D eigenvalue weighted by atomic mass is 10.1. The monoisotopic (exact) mass is 656 g/mol. The molecule has 2 atom stereocenters. The highest BCUT2D eigenvalue weighted by Crippen LogP contribution is 2.35. The average molecular weight is 657 g/mol. The van der Waals surface area contributed by atoms with E-state index in [0.29, 0.717) is 25.9 Å². The van der Waals surface area contributed by atoms with Crippen LogP contribution in [0.1, 0.15) is 60.5 Å². The van der Waals surface area contributed by atoms with E-state index in [1.165, 1.54) is 0 Å². The van der Waals surface area contributed by atoms with Crippen LogP contribution in [0.2, 0.25) is 0 Å². The molecule has 2 aromatic heterocycles. The summed E-state index contributed by atoms with van der Waals surface area (Å²) in [5, 5.41) is 0. The third kappa shape index (κ3) is 6.13. The molecular weight excluding hydrogens is 621 g/mol. The van der Waals surface area contributed by atoms with Gasteiger partial charge in [0.1, 0.15) is 11.6 Å². The number of carbonyl (C=O) groups excluding carboxylic acids is 2. The SMILES string of the molecule is O=C(Cc1ccccc1)N1CCC[C@H]1c1nc2ccccc2n1C#CC#Cn1c([C@@H]2CCCN2C(=O)Cc2ccccc2)nc2ccccc21. The Balaban J connectivity index is 1.11. The van der Waals surface area contributed by atoms with Crippen molar-refractivity contribution < 1.29 is 9.59 Å². The van der Waals surface area contributed by atoms with Gasteiger partial charge < -0.3 is 9.80 Å². The first-order valence-corrected chi connectivity index (χ1v) is 17.3. The zero-order valence-electron chi connectivity index (χ0n) is 27.7. The Morgan fingerprint density at radius 1 is 0.560 bits per heavy atom. The summed E-state index contributed by atoms with van der Waals surface area (Å²) in [7, 11) is 0. The molecule has 2 aliphatic heterocycles. The van der Waals surface area contributed by atoms with Gasteiger partial charge in [-0.2, -0.15) is 0 Å². The predicted molar refractivity (Wildman–Crippen MR) is 193 cm³/mol. The van der Waals surface area contributed by atoms with Crippen molar-refractivity contribution in [1.82, 2.24) is 28.9 Å². The van der Waals surface area contributed by atoms with Crippen LogP contribution >= 0.6 is 0 Å². The average Bonchev–Trinajstić information content (AvgIpc) is 3.96. The summed E-state index contributed by atoms with van der Waals surface area (Å²) < 4.78 is 3.80. The van der Waals surface area contributed by atoms with Crippen LogP contribution in [0.15, 0.2) is 109 Å². The zero-order chi connectivity index (χ0) is 33.9. The van der Waals surface area contributed by atoms with Crippen molar-refractivity contribution in [1.29, 1.82) is 0 Å². The summed E-state index contributed by atoms with van der Waals surface area (Å²) >= 11 is 0. The number of fused-ring (bicyclic) bond motifs is 2. The van der Waals surface area contributed by atoms with Crippen molar-refractivity contribution in [2.24, 2.45) is 0 Å². The van der Waals surface area contributed by atoms with Crippen molar-refractivity contribution in [3.05, 3.63) is 132 Å². The lowest BCUT2D eigenvalue weighted by Gasteiger charge is -2.24. The third-order valence-corrected chi connectivity index (χ3v) is 9.71. The largest absolute Gasteiger partial charge is 0.332 e. The molecule has 2 amide bonds. The molecule has 0 bridgehead atoms. The lowest BCUT2D eigenvalue weighted by Crippen LogP contribution is -2.33. The minimum absolute atomic E-state index is 0.0905. The fraction of sp³-hybridized carbons (Fsp3) is 0.238. The molecule has 2 fully saturated rings. The molecule has 8 heteroatoms. The molecule has 6 aromatic rings. The number of aromatic nitrogens is 4. The molecule has 2 aliphatic rings. The van der Waals surface area contributed by atoms with E-state index in [1.54, 1.807) is 0 Å². The number of benzene rings is 4. The summed E-state index contributed by atoms with van der Waals surface area (Å²) in [6.07, 6.45) is 4.16. The van der Waals surface area contributed by atoms with Crippen LogP contribution in [0.5, 0.6) is 0 Å². The fourth-order valence-corrected chi connectivity index (χ4v) is 7.35. The second-order valence-corrected chi connectivity index (χ2v) is 12.9. The number of para-hydroxylation sites is 4. The number of hydrogen-bond donors (Lipinski definition) is 0. The molecule has 8 rings (SSSR count). The van der Waals surface area contributed by atoms with Gasteiger partial charge in [0.05, 0.1) is 47.0 Å². The van der Waals surface area contributed by atoms with E-state index in [9.17, 15) is 9.59 Å². The van der Waals surface area contributed by atoms with Gasteiger partial charge >= 0.3 is 0 Å². The molecule has 246 valence electrons. The number of carbonyl (C=O) groups is 2. The maximum atomic E-state index is 13.5. The smallest absolute Gasteiger partial charge is 0.227 e. The van der Waals surface area contributed by atoms with Gasteiger partial charge in [0.2, 0.25) is 11.8 Å². The molecule has 0 radical (unpaired) electrons. The van der Waals surface area contributed by atoms with Gasteiger partial charge in [0.15, 0.2) is 0 Å². The van der Waals surface area contributed by atoms with Crippen molar-refractivity contribution in [3.8, 4) is 23.9 Å². The number of amides is 2. The Bertz CT molecular complexity index is 2150. The predicted octanol–water partition coefficient (Wildman–Crippen LogP) is 6.52. The van der Waals surface area contributed by atoms with Gasteiger partial charge in [-0.1, -0.05) is 84.9 Å². The first-order valence-electron chi connectivity index (χ1n) is 17.3. The van der Waals surface area contributed by atoms with Crippen molar-refractivity contribution in [3.63, 3.8) is 0 Å². The topological polar surface area (TPSA) is 76.3 Å². The van der Waals surface area contributed by atoms with Crippen LogP contribution in [0, 0.1) is 23.9 Å². The summed E-state index contributed by atoms with van der Waals surface area (Å²) in [5.41, 5.74) is 5.42. The highest BCUT2D eigenvalue weighted by Gasteiger charge is 2.35. The number of hydrogen-bond acceptors (Lipinski definition) is 4. The molecule has 8 nitrogen and oxygen atoms in total. The minimum atomic E-state index is -0.174. The standard InChI is InChI=1S/C42H36N6O2/c49-39(29-31-15-3-1-4-16-31)45-27-13-23-37(45)41-43-33-19-7-9-21-35(33)47(41)25-11-12-26-48-36-22-10-8-20-34(36)44-42(48)38-24-14-28-46(38)40(50)30-32-17-5-2-6-18-32/h1-10,15-22,37-38H,13-14,23-24,27-30H2/t37-,38-/m0/s1. The molecule has 50 heavy (non-hydrogen) atoms. The van der Waals surface area contributed by atoms with E-state index in [4.69, 9.17) is 9.97 Å². The van der Waals surface area contributed by atoms with E-state index in [1.807, 2.05) is 128 Å². The summed E-state index contributed by atoms with van der Waals surface area (Å²) in [6.45, 7) is 1.38. The van der Waals surface area contributed by atoms with Gasteiger partial charge in [-0.05, 0) is 61.1 Å². The fourth-order valence-electron chi connectivity index (χ4n) is 7.35. The quantitative estimate of drug-likeness (QED) is 0.192. The minimum Gasteiger partial charge on any atom is -0.332 e. The molecule has 2 saturated heterocycles. The Labute approximate surface area is 291 Å². The number of nitrogens with zero attached hydrogens (tertiary/aromatic N) is 6. The van der Waals surface area contributed by atoms with Gasteiger partial charge in [-0.25, -0.2) is 9.97 Å². The van der Waals surface area contributed by atoms with Crippen molar-refractivity contribution in [2.45, 2.75) is 50.6 Å². The van der Waals surface area contributed by atoms with Crippen LogP contribution < -0.4 is 0 Å². The molecule has 0 spiro atoms. The molecule has 0 unspecified atom stereocenters. The van der Waals surface area contributed by atoms with E-state index in [2.05, 4.69) is 23.9 Å². The van der Waals surface area contributed by atoms with E-state index >= 15 is 0 Å². The van der Waals surface area contributed by atoms with E-state index < -0.39 is 0 Å². The molecular formula is C42H36N6O2. The summed E-state index contributed by atoms with van der Waals surface area (Å²) in [4.78, 5) is 40.9. The first kappa shape index (κ1) is 31.2. The highest BCUT2D eigenvalue weighted by atomic mass is 16.2. The van der Waals surface area contributed by atoms with Gasteiger partial charge in [-0.3, -0.25) is 18.7 Å². The Morgan fingerprint density at radius 3 is 1.40 bits per heavy atom. The lowest BCUT2D eigenvalue weighted by molar-refractivity contribution is -0.132. The second kappa shape index (κ2) is 13.8. The first-order chi connectivity index (χ1) is 24.6. The van der Waals surface area contributed by atoms with Crippen LogP contribution in [0.4, 0.5) is 0 Å². The molecule has 4 heterocycles. The van der Waals surface area contributed by atoms with E-state index in [0.717, 1.165) is 70.5 Å². The maximum absolute atomic E-state index is 13.5. The van der Waals surface area contributed by atoms with Crippen molar-refractivity contribution >= 4 is 33.9 Å². The zero-order valence-corrected chi connectivity index (χ0v) is 27.7. The second-order valence-electron chi connectivity index (χ2n) is 12.9. The molecule has 0 aliphatic carbocycles. The van der Waals surface area contributed by atoms with Crippen molar-refractivity contribution in [2.75, 3.05) is 13.1 Å². The maximum Gasteiger partial charge on any atom is 0.227 e. The number of likely N-dealkylation sites (tertiary alicyclic amines) is 2. The number of rotatable bonds is 6. The van der Waals surface area contributed by atoms with Gasteiger partial charge in [0.25, 0.3) is 0 Å². The van der Waals surface area contributed by atoms with Crippen LogP contribution in [-0.4, -0.2) is 53.8 Å². The van der Waals surface area contributed by atoms with Gasteiger partial charge in [-0.15, -0.1) is 0 Å². The Kier molecular flexibility index (Phi) is 8.59. The third-order valence-electron chi connectivity index (χ3n) is 9.71. The van der Waals surface area contributed by atoms with Gasteiger partial charge in [0, 0.05) is 37.0 Å². The molecule has 0 N–H and O–H groups in total. The molecule has 0 saturated carbocycles.